The van der Waals surface area contributed by atoms with Gasteiger partial charge in [-0.25, -0.2) is 4.98 Å². The van der Waals surface area contributed by atoms with Gasteiger partial charge < -0.3 is 4.98 Å². The molecular weight excluding hydrogens is 349 g/mol. The molecule has 0 aliphatic heterocycles. The number of halogens is 1. The van der Waals surface area contributed by atoms with E-state index in [1.807, 2.05) is 40.1 Å². The maximum Gasteiger partial charge on any atom is 0.264 e. The number of nitrogens with zero attached hydrogens (tertiary/aromatic N) is 2. The van der Waals surface area contributed by atoms with E-state index in [1.165, 1.54) is 0 Å². The fourth-order valence-electron chi connectivity index (χ4n) is 1.50. The molecule has 0 saturated heterocycles. The molecule has 0 fully saturated rings. The summed E-state index contributed by atoms with van der Waals surface area (Å²) >= 11 is 3.57. The Kier molecular flexibility index (Phi) is 2.67. The normalized spacial score (nSPS) is 10.9. The molecule has 3 heterocycles. The predicted octanol–water partition coefficient (Wildman–Crippen LogP) is 2.65. The van der Waals surface area contributed by atoms with Crippen LogP contribution in [0.3, 0.4) is 0 Å². The monoisotopic (exact) mass is 355 g/mol. The fourth-order valence-corrected chi connectivity index (χ4v) is 2.56. The Labute approximate surface area is 114 Å². The lowest BCUT2D eigenvalue weighted by Crippen LogP contribution is -2.11. The second-order valence-electron chi connectivity index (χ2n) is 3.44. The molecule has 4 nitrogen and oxygen atoms in total. The van der Waals surface area contributed by atoms with E-state index in [0.717, 1.165) is 15.8 Å². The van der Waals surface area contributed by atoms with E-state index in [-0.39, 0.29) is 5.56 Å². The molecular formula is C11H6IN3OS. The van der Waals surface area contributed by atoms with Crippen molar-refractivity contribution in [2.45, 2.75) is 0 Å². The number of thiophene rings is 1. The first kappa shape index (κ1) is 10.8. The summed E-state index contributed by atoms with van der Waals surface area (Å²) in [7, 11) is 0. The third kappa shape index (κ3) is 1.98. The lowest BCUT2D eigenvalue weighted by molar-refractivity contribution is 1.10. The summed E-state index contributed by atoms with van der Waals surface area (Å²) in [5.41, 5.74) is 1.67. The van der Waals surface area contributed by atoms with Crippen molar-refractivity contribution >= 4 is 44.1 Å². The molecule has 3 aromatic heterocycles. The molecule has 17 heavy (non-hydrogen) atoms. The summed E-state index contributed by atoms with van der Waals surface area (Å²) in [6.45, 7) is 0. The molecule has 0 amide bonds. The van der Waals surface area contributed by atoms with Crippen molar-refractivity contribution in [1.82, 2.24) is 15.0 Å². The number of nitrogens with one attached hydrogen (secondary N) is 1. The first-order chi connectivity index (χ1) is 8.24. The van der Waals surface area contributed by atoms with Crippen molar-refractivity contribution in [1.29, 1.82) is 0 Å². The minimum atomic E-state index is -0.123. The highest BCUT2D eigenvalue weighted by atomic mass is 127. The van der Waals surface area contributed by atoms with E-state index in [2.05, 4.69) is 15.0 Å². The zero-order valence-electron chi connectivity index (χ0n) is 8.48. The highest BCUT2D eigenvalue weighted by Gasteiger charge is 2.05. The van der Waals surface area contributed by atoms with Gasteiger partial charge in [-0.1, -0.05) is 0 Å². The van der Waals surface area contributed by atoms with Crippen LogP contribution in [-0.4, -0.2) is 15.0 Å². The number of aromatic nitrogens is 3. The molecule has 0 radical (unpaired) electrons. The summed E-state index contributed by atoms with van der Waals surface area (Å²) < 4.78 is 1.67. The van der Waals surface area contributed by atoms with Crippen LogP contribution in [0.1, 0.15) is 0 Å². The van der Waals surface area contributed by atoms with E-state index >= 15 is 0 Å². The number of H-pyrrole nitrogens is 1. The number of hydrogen-bond acceptors (Lipinski definition) is 4. The second-order valence-corrected chi connectivity index (χ2v) is 5.55. The number of rotatable bonds is 1. The van der Waals surface area contributed by atoms with Crippen LogP contribution in [0.2, 0.25) is 0 Å². The van der Waals surface area contributed by atoms with Gasteiger partial charge in [-0.05, 0) is 40.1 Å². The number of fused-ring (bicyclic) bond motifs is 1. The van der Waals surface area contributed by atoms with Crippen LogP contribution < -0.4 is 5.56 Å². The zero-order chi connectivity index (χ0) is 11.8. The Bertz CT molecular complexity index is 750. The summed E-state index contributed by atoms with van der Waals surface area (Å²) in [6.07, 6.45) is 3.29. The molecule has 6 heteroatoms. The average molecular weight is 355 g/mol. The van der Waals surface area contributed by atoms with Gasteiger partial charge in [0, 0.05) is 18.0 Å². The molecule has 3 rings (SSSR count). The maximum absolute atomic E-state index is 11.5. The van der Waals surface area contributed by atoms with Crippen molar-refractivity contribution in [3.05, 3.63) is 43.8 Å². The van der Waals surface area contributed by atoms with Crippen LogP contribution in [0, 0.1) is 3.57 Å². The molecule has 84 valence electrons. The molecule has 0 bridgehead atoms. The van der Waals surface area contributed by atoms with Gasteiger partial charge in [0.05, 0.1) is 13.8 Å². The SMILES string of the molecule is O=c1[nH]c(-c2cnc3ccsc3c2)ncc1I. The van der Waals surface area contributed by atoms with Gasteiger partial charge in [0.2, 0.25) is 0 Å². The Balaban J connectivity index is 2.19. The summed E-state index contributed by atoms with van der Waals surface area (Å²) in [6, 6.07) is 3.95. The Morgan fingerprint density at radius 3 is 3.00 bits per heavy atom. The Hall–Kier alpha value is -1.28. The smallest absolute Gasteiger partial charge is 0.264 e. The van der Waals surface area contributed by atoms with Crippen LogP contribution >= 0.6 is 33.9 Å². The third-order valence-corrected chi connectivity index (χ3v) is 3.95. The van der Waals surface area contributed by atoms with Crippen molar-refractivity contribution in [2.75, 3.05) is 0 Å². The van der Waals surface area contributed by atoms with E-state index in [1.54, 1.807) is 23.7 Å². The van der Waals surface area contributed by atoms with Crippen LogP contribution in [0.25, 0.3) is 21.6 Å². The Morgan fingerprint density at radius 2 is 2.18 bits per heavy atom. The minimum absolute atomic E-state index is 0.123. The molecule has 0 aliphatic rings. The number of pyridine rings is 1. The van der Waals surface area contributed by atoms with Gasteiger partial charge in [-0.2, -0.15) is 0 Å². The second kappa shape index (κ2) is 4.19. The van der Waals surface area contributed by atoms with Crippen molar-refractivity contribution in [3.63, 3.8) is 0 Å². The largest absolute Gasteiger partial charge is 0.306 e. The van der Waals surface area contributed by atoms with Gasteiger partial charge in [-0.3, -0.25) is 9.78 Å². The van der Waals surface area contributed by atoms with Crippen LogP contribution in [0.5, 0.6) is 0 Å². The van der Waals surface area contributed by atoms with Gasteiger partial charge in [0.1, 0.15) is 5.82 Å². The first-order valence-corrected chi connectivity index (χ1v) is 6.78. The van der Waals surface area contributed by atoms with Gasteiger partial charge in [-0.15, -0.1) is 11.3 Å². The fraction of sp³-hybridized carbons (Fsp3) is 0. The highest BCUT2D eigenvalue weighted by molar-refractivity contribution is 14.1. The van der Waals surface area contributed by atoms with Crippen LogP contribution in [0.4, 0.5) is 0 Å². The predicted molar refractivity (Wildman–Crippen MR) is 76.2 cm³/mol. The lowest BCUT2D eigenvalue weighted by Gasteiger charge is -2.00. The van der Waals surface area contributed by atoms with Crippen molar-refractivity contribution < 1.29 is 0 Å². The van der Waals surface area contributed by atoms with E-state index in [4.69, 9.17) is 0 Å². The Morgan fingerprint density at radius 1 is 1.29 bits per heavy atom. The molecule has 0 spiro atoms. The molecule has 0 unspecified atom stereocenters. The summed E-state index contributed by atoms with van der Waals surface area (Å²) in [4.78, 5) is 22.8. The molecule has 0 aromatic carbocycles. The van der Waals surface area contributed by atoms with Crippen molar-refractivity contribution in [3.8, 4) is 11.4 Å². The molecule has 0 aliphatic carbocycles. The topological polar surface area (TPSA) is 58.6 Å². The summed E-state index contributed by atoms with van der Waals surface area (Å²) in [5, 5.41) is 1.99. The average Bonchev–Trinajstić information content (AvgIpc) is 2.79. The van der Waals surface area contributed by atoms with Gasteiger partial charge in [0.15, 0.2) is 0 Å². The number of hydrogen-bond donors (Lipinski definition) is 1. The first-order valence-electron chi connectivity index (χ1n) is 4.82. The zero-order valence-corrected chi connectivity index (χ0v) is 11.4. The van der Waals surface area contributed by atoms with Crippen LogP contribution in [0.15, 0.2) is 34.7 Å². The van der Waals surface area contributed by atoms with E-state index in [9.17, 15) is 4.79 Å². The van der Waals surface area contributed by atoms with Gasteiger partial charge >= 0.3 is 0 Å². The van der Waals surface area contributed by atoms with Crippen LogP contribution in [-0.2, 0) is 0 Å². The van der Waals surface area contributed by atoms with E-state index < -0.39 is 0 Å². The van der Waals surface area contributed by atoms with E-state index in [0.29, 0.717) is 9.39 Å². The standard InChI is InChI=1S/C11H6IN3OS/c12-7-5-14-10(15-11(7)16)6-3-9-8(13-4-6)1-2-17-9/h1-5H,(H,14,15,16). The van der Waals surface area contributed by atoms with Crippen molar-refractivity contribution in [2.24, 2.45) is 0 Å². The van der Waals surface area contributed by atoms with Gasteiger partial charge in [0.25, 0.3) is 5.56 Å². The maximum atomic E-state index is 11.5. The third-order valence-electron chi connectivity index (χ3n) is 2.33. The molecule has 0 saturated carbocycles. The molecule has 3 aromatic rings. The molecule has 1 N–H and O–H groups in total. The lowest BCUT2D eigenvalue weighted by atomic mass is 10.2. The minimum Gasteiger partial charge on any atom is -0.306 e. The quantitative estimate of drug-likeness (QED) is 0.683. The highest BCUT2D eigenvalue weighted by Crippen LogP contribution is 2.23. The number of aromatic amines is 1. The molecule has 0 atom stereocenters. The summed E-state index contributed by atoms with van der Waals surface area (Å²) in [5.74, 6) is 0.554.